The van der Waals surface area contributed by atoms with Crippen LogP contribution >= 0.6 is 24.0 Å². The van der Waals surface area contributed by atoms with Crippen LogP contribution in [-0.4, -0.2) is 39.0 Å². The first-order chi connectivity index (χ1) is 12.5. The van der Waals surface area contributed by atoms with E-state index in [0.29, 0.717) is 18.9 Å². The number of para-hydroxylation sites is 1. The maximum absolute atomic E-state index is 11.5. The van der Waals surface area contributed by atoms with Crippen LogP contribution in [0.5, 0.6) is 11.5 Å². The molecule has 2 aromatic rings. The number of hydrogen-bond acceptors (Lipinski definition) is 4. The molecule has 3 rings (SSSR count). The van der Waals surface area contributed by atoms with Gasteiger partial charge in [-0.05, 0) is 36.2 Å². The Labute approximate surface area is 177 Å². The van der Waals surface area contributed by atoms with Crippen LogP contribution in [0, 0.1) is 0 Å². The summed E-state index contributed by atoms with van der Waals surface area (Å²) in [5.41, 5.74) is 1.08. The van der Waals surface area contributed by atoms with Crippen molar-refractivity contribution in [1.82, 2.24) is 10.6 Å². The Morgan fingerprint density at radius 1 is 1.11 bits per heavy atom. The highest BCUT2D eigenvalue weighted by atomic mass is 127. The fourth-order valence-corrected chi connectivity index (χ4v) is 4.46. The van der Waals surface area contributed by atoms with E-state index in [1.165, 1.54) is 0 Å². The third-order valence-electron chi connectivity index (χ3n) is 4.16. The van der Waals surface area contributed by atoms with E-state index in [-0.39, 0.29) is 41.5 Å². The number of hydrogen-bond donors (Lipinski definition) is 2. The van der Waals surface area contributed by atoms with Gasteiger partial charge < -0.3 is 15.4 Å². The Bertz CT molecular complexity index is 856. The molecule has 1 saturated heterocycles. The van der Waals surface area contributed by atoms with Gasteiger partial charge in [0, 0.05) is 19.6 Å². The summed E-state index contributed by atoms with van der Waals surface area (Å²) in [5.74, 6) is 2.59. The Hall–Kier alpha value is -1.81. The summed E-state index contributed by atoms with van der Waals surface area (Å²) < 4.78 is 28.9. The fourth-order valence-electron chi connectivity index (χ4n) is 2.78. The second-order valence-corrected chi connectivity index (χ2v) is 8.46. The van der Waals surface area contributed by atoms with E-state index >= 15 is 0 Å². The largest absolute Gasteiger partial charge is 0.457 e. The molecule has 0 radical (unpaired) electrons. The third kappa shape index (κ3) is 6.69. The molecule has 0 aliphatic carbocycles. The van der Waals surface area contributed by atoms with Crippen LogP contribution in [0.25, 0.3) is 0 Å². The van der Waals surface area contributed by atoms with E-state index in [1.807, 2.05) is 54.6 Å². The number of nitrogens with zero attached hydrogens (tertiary/aromatic N) is 1. The summed E-state index contributed by atoms with van der Waals surface area (Å²) >= 11 is 0. The van der Waals surface area contributed by atoms with Crippen molar-refractivity contribution in [2.75, 3.05) is 18.6 Å². The molecule has 0 spiro atoms. The highest BCUT2D eigenvalue weighted by Crippen LogP contribution is 2.21. The van der Waals surface area contributed by atoms with Crippen molar-refractivity contribution in [2.45, 2.75) is 19.0 Å². The van der Waals surface area contributed by atoms with Gasteiger partial charge in [-0.25, -0.2) is 8.42 Å². The summed E-state index contributed by atoms with van der Waals surface area (Å²) in [6.07, 6.45) is 0.620. The lowest BCUT2D eigenvalue weighted by Gasteiger charge is -2.16. The van der Waals surface area contributed by atoms with Crippen LogP contribution in [0.2, 0.25) is 0 Å². The molecule has 8 heteroatoms. The lowest BCUT2D eigenvalue weighted by atomic mass is 10.2. The molecule has 6 nitrogen and oxygen atoms in total. The molecule has 0 amide bonds. The summed E-state index contributed by atoms with van der Waals surface area (Å²) in [7, 11) is -1.23. The average Bonchev–Trinajstić information content (AvgIpc) is 2.99. The minimum absolute atomic E-state index is 0. The van der Waals surface area contributed by atoms with Gasteiger partial charge in [-0.2, -0.15) is 0 Å². The van der Waals surface area contributed by atoms with E-state index in [1.54, 1.807) is 7.05 Å². The van der Waals surface area contributed by atoms with Crippen LogP contribution in [0.1, 0.15) is 12.0 Å². The summed E-state index contributed by atoms with van der Waals surface area (Å²) in [6, 6.07) is 17.4. The van der Waals surface area contributed by atoms with E-state index in [0.717, 1.165) is 17.1 Å². The number of benzene rings is 2. The number of sulfone groups is 1. The molecule has 0 bridgehead atoms. The number of halogens is 1. The zero-order valence-corrected chi connectivity index (χ0v) is 18.2. The SMILES string of the molecule is CN=C(NCc1ccc(Oc2ccccc2)cc1)NC1CCS(=O)(=O)C1.I. The highest BCUT2D eigenvalue weighted by Gasteiger charge is 2.28. The minimum Gasteiger partial charge on any atom is -0.457 e. The molecule has 0 saturated carbocycles. The number of nitrogens with one attached hydrogen (secondary N) is 2. The molecular weight excluding hydrogens is 477 g/mol. The quantitative estimate of drug-likeness (QED) is 0.374. The Morgan fingerprint density at radius 2 is 1.78 bits per heavy atom. The lowest BCUT2D eigenvalue weighted by Crippen LogP contribution is -2.43. The molecule has 0 aromatic heterocycles. The van der Waals surface area contributed by atoms with Crippen molar-refractivity contribution in [3.05, 3.63) is 60.2 Å². The molecular formula is C19H24IN3O3S. The molecule has 1 unspecified atom stereocenters. The predicted octanol–water partition coefficient (Wildman–Crippen LogP) is 2.95. The monoisotopic (exact) mass is 501 g/mol. The fraction of sp³-hybridized carbons (Fsp3) is 0.316. The van der Waals surface area contributed by atoms with Gasteiger partial charge in [-0.3, -0.25) is 4.99 Å². The molecule has 146 valence electrons. The Kier molecular flexibility index (Phi) is 7.91. The first kappa shape index (κ1) is 21.5. The normalized spacial score (nSPS) is 18.4. The molecule has 1 aliphatic rings. The van der Waals surface area contributed by atoms with Gasteiger partial charge in [-0.1, -0.05) is 30.3 Å². The van der Waals surface area contributed by atoms with E-state index in [2.05, 4.69) is 15.6 Å². The first-order valence-corrected chi connectivity index (χ1v) is 10.4. The Balaban J connectivity index is 0.00000261. The molecule has 1 heterocycles. The third-order valence-corrected chi connectivity index (χ3v) is 5.93. The number of rotatable bonds is 5. The van der Waals surface area contributed by atoms with Gasteiger partial charge in [0.2, 0.25) is 0 Å². The maximum Gasteiger partial charge on any atom is 0.191 e. The van der Waals surface area contributed by atoms with Crippen LogP contribution in [0.4, 0.5) is 0 Å². The van der Waals surface area contributed by atoms with Crippen molar-refractivity contribution in [3.63, 3.8) is 0 Å². The molecule has 27 heavy (non-hydrogen) atoms. The van der Waals surface area contributed by atoms with Crippen molar-refractivity contribution in [2.24, 2.45) is 4.99 Å². The van der Waals surface area contributed by atoms with Gasteiger partial charge in [0.1, 0.15) is 11.5 Å². The van der Waals surface area contributed by atoms with Crippen LogP contribution in [-0.2, 0) is 16.4 Å². The maximum atomic E-state index is 11.5. The summed E-state index contributed by atoms with van der Waals surface area (Å²) in [5, 5.41) is 6.38. The standard InChI is InChI=1S/C19H23N3O3S.HI/c1-20-19(22-16-11-12-26(23,24)14-16)21-13-15-7-9-18(10-8-15)25-17-5-3-2-4-6-17;/h2-10,16H,11-14H2,1H3,(H2,20,21,22);1H. The van der Waals surface area contributed by atoms with Crippen LogP contribution in [0.3, 0.4) is 0 Å². The first-order valence-electron chi connectivity index (χ1n) is 8.53. The minimum atomic E-state index is -2.91. The molecule has 1 aliphatic heterocycles. The number of aliphatic imine (C=N–C) groups is 1. The highest BCUT2D eigenvalue weighted by molar-refractivity contribution is 14.0. The summed E-state index contributed by atoms with van der Waals surface area (Å²) in [4.78, 5) is 4.16. The van der Waals surface area contributed by atoms with Crippen LogP contribution in [0.15, 0.2) is 59.6 Å². The van der Waals surface area contributed by atoms with Gasteiger partial charge >= 0.3 is 0 Å². The van der Waals surface area contributed by atoms with Crippen LogP contribution < -0.4 is 15.4 Å². The van der Waals surface area contributed by atoms with E-state index < -0.39 is 9.84 Å². The van der Waals surface area contributed by atoms with Gasteiger partial charge in [-0.15, -0.1) is 24.0 Å². The second-order valence-electron chi connectivity index (χ2n) is 6.23. The molecule has 2 N–H and O–H groups in total. The second kappa shape index (κ2) is 9.93. The van der Waals surface area contributed by atoms with Crippen molar-refractivity contribution in [3.8, 4) is 11.5 Å². The van der Waals surface area contributed by atoms with Crippen molar-refractivity contribution >= 4 is 39.8 Å². The average molecular weight is 501 g/mol. The van der Waals surface area contributed by atoms with E-state index in [4.69, 9.17) is 4.74 Å². The molecule has 2 aromatic carbocycles. The Morgan fingerprint density at radius 3 is 2.37 bits per heavy atom. The topological polar surface area (TPSA) is 79.8 Å². The predicted molar refractivity (Wildman–Crippen MR) is 119 cm³/mol. The molecule has 1 fully saturated rings. The van der Waals surface area contributed by atoms with Crippen molar-refractivity contribution < 1.29 is 13.2 Å². The number of guanidine groups is 1. The molecule has 1 atom stereocenters. The zero-order valence-electron chi connectivity index (χ0n) is 15.1. The lowest BCUT2D eigenvalue weighted by molar-refractivity contribution is 0.482. The summed E-state index contributed by atoms with van der Waals surface area (Å²) in [6.45, 7) is 0.588. The van der Waals surface area contributed by atoms with Gasteiger partial charge in [0.05, 0.1) is 11.5 Å². The van der Waals surface area contributed by atoms with Gasteiger partial charge in [0.15, 0.2) is 15.8 Å². The zero-order chi connectivity index (χ0) is 18.4. The van der Waals surface area contributed by atoms with E-state index in [9.17, 15) is 8.42 Å². The number of ether oxygens (including phenoxy) is 1. The smallest absolute Gasteiger partial charge is 0.191 e. The van der Waals surface area contributed by atoms with Gasteiger partial charge in [0.25, 0.3) is 0 Å². The van der Waals surface area contributed by atoms with Crippen molar-refractivity contribution in [1.29, 1.82) is 0 Å².